The molecule has 6 nitrogen and oxygen atoms in total. The summed E-state index contributed by atoms with van der Waals surface area (Å²) in [7, 11) is 1.30. The van der Waals surface area contributed by atoms with Gasteiger partial charge in [0.1, 0.15) is 0 Å². The maximum absolute atomic E-state index is 12.4. The number of benzene rings is 2. The summed E-state index contributed by atoms with van der Waals surface area (Å²) in [4.78, 5) is 26.6. The van der Waals surface area contributed by atoms with E-state index in [-0.39, 0.29) is 23.0 Å². The van der Waals surface area contributed by atoms with E-state index >= 15 is 0 Å². The summed E-state index contributed by atoms with van der Waals surface area (Å²) in [5.74, 6) is -0.589. The molecule has 0 radical (unpaired) electrons. The second kappa shape index (κ2) is 8.69. The van der Waals surface area contributed by atoms with E-state index in [4.69, 9.17) is 4.74 Å². The minimum absolute atomic E-state index is 0.0188. The van der Waals surface area contributed by atoms with Crippen LogP contribution in [0.15, 0.2) is 42.5 Å². The number of alkyl halides is 2. The Hall–Kier alpha value is -3.16. The van der Waals surface area contributed by atoms with Gasteiger partial charge in [-0.3, -0.25) is 9.59 Å². The molecule has 148 valence electrons. The van der Waals surface area contributed by atoms with Gasteiger partial charge in [0, 0.05) is 29.9 Å². The van der Waals surface area contributed by atoms with Crippen LogP contribution >= 0.6 is 0 Å². The van der Waals surface area contributed by atoms with Crippen LogP contribution in [0.2, 0.25) is 0 Å². The van der Waals surface area contributed by atoms with Crippen molar-refractivity contribution in [3.05, 3.63) is 53.6 Å². The molecule has 0 saturated carbocycles. The number of nitrogens with one attached hydrogen (secondary N) is 1. The molecule has 8 heteroatoms. The molecule has 1 fully saturated rings. The number of ether oxygens (including phenoxy) is 2. The third-order valence-electron chi connectivity index (χ3n) is 4.42. The maximum Gasteiger partial charge on any atom is 0.387 e. The molecule has 2 aromatic rings. The van der Waals surface area contributed by atoms with Gasteiger partial charge >= 0.3 is 6.61 Å². The first kappa shape index (κ1) is 19.6. The monoisotopic (exact) mass is 390 g/mol. The number of halogens is 2. The standard InChI is InChI=1S/C20H20F2N2O4/c1-27-17-12-14(6-9-16(17)28-20(21)22)18(25)23-15-7-4-13(5-8-15)19(26)24-10-2-3-11-24/h4-9,12,20H,2-3,10-11H2,1H3,(H,23,25). The topological polar surface area (TPSA) is 67.9 Å². The van der Waals surface area contributed by atoms with Crippen molar-refractivity contribution >= 4 is 17.5 Å². The summed E-state index contributed by atoms with van der Waals surface area (Å²) in [6.45, 7) is -1.45. The van der Waals surface area contributed by atoms with Crippen LogP contribution in [-0.2, 0) is 0 Å². The van der Waals surface area contributed by atoms with Gasteiger partial charge in [0.15, 0.2) is 11.5 Å². The molecule has 0 bridgehead atoms. The Kier molecular flexibility index (Phi) is 6.08. The molecule has 0 spiro atoms. The van der Waals surface area contributed by atoms with E-state index in [9.17, 15) is 18.4 Å². The van der Waals surface area contributed by atoms with Gasteiger partial charge in [-0.1, -0.05) is 0 Å². The third kappa shape index (κ3) is 4.57. The first-order valence-corrected chi connectivity index (χ1v) is 8.81. The van der Waals surface area contributed by atoms with E-state index in [2.05, 4.69) is 10.1 Å². The molecule has 28 heavy (non-hydrogen) atoms. The molecule has 1 heterocycles. The molecule has 2 aromatic carbocycles. The lowest BCUT2D eigenvalue weighted by Gasteiger charge is -2.15. The second-order valence-electron chi connectivity index (χ2n) is 6.27. The van der Waals surface area contributed by atoms with Crippen LogP contribution in [-0.4, -0.2) is 43.5 Å². The molecule has 0 aliphatic carbocycles. The van der Waals surface area contributed by atoms with Crippen molar-refractivity contribution < 1.29 is 27.8 Å². The highest BCUT2D eigenvalue weighted by Crippen LogP contribution is 2.29. The molecule has 1 N–H and O–H groups in total. The number of amides is 2. The fraction of sp³-hybridized carbons (Fsp3) is 0.300. The van der Waals surface area contributed by atoms with Crippen LogP contribution in [0, 0.1) is 0 Å². The first-order chi connectivity index (χ1) is 13.5. The highest BCUT2D eigenvalue weighted by molar-refractivity contribution is 6.05. The maximum atomic E-state index is 12.4. The molecule has 3 rings (SSSR count). The van der Waals surface area contributed by atoms with Gasteiger partial charge in [0.2, 0.25) is 0 Å². The molecule has 2 amide bonds. The van der Waals surface area contributed by atoms with Crippen molar-refractivity contribution in [2.24, 2.45) is 0 Å². The summed E-state index contributed by atoms with van der Waals surface area (Å²) < 4.78 is 34.1. The van der Waals surface area contributed by atoms with E-state index in [0.717, 1.165) is 25.9 Å². The summed E-state index contributed by atoms with van der Waals surface area (Å²) in [5.41, 5.74) is 1.29. The minimum Gasteiger partial charge on any atom is -0.493 e. The van der Waals surface area contributed by atoms with E-state index in [1.54, 1.807) is 24.3 Å². The summed E-state index contributed by atoms with van der Waals surface area (Å²) in [5, 5.41) is 2.70. The Balaban J connectivity index is 1.68. The number of carbonyl (C=O) groups is 2. The van der Waals surface area contributed by atoms with Gasteiger partial charge < -0.3 is 19.7 Å². The number of rotatable bonds is 6. The predicted octanol–water partition coefficient (Wildman–Crippen LogP) is 3.78. The normalized spacial score (nSPS) is 13.5. The second-order valence-corrected chi connectivity index (χ2v) is 6.27. The van der Waals surface area contributed by atoms with E-state index < -0.39 is 12.5 Å². The van der Waals surface area contributed by atoms with Crippen LogP contribution in [0.1, 0.15) is 33.6 Å². The predicted molar refractivity (Wildman–Crippen MR) is 99.2 cm³/mol. The van der Waals surface area contributed by atoms with Crippen molar-refractivity contribution in [3.63, 3.8) is 0 Å². The number of carbonyl (C=O) groups excluding carboxylic acids is 2. The summed E-state index contributed by atoms with van der Waals surface area (Å²) >= 11 is 0. The average Bonchev–Trinajstić information content (AvgIpc) is 3.22. The molecule has 0 atom stereocenters. The molecular formula is C20H20F2N2O4. The van der Waals surface area contributed by atoms with E-state index in [0.29, 0.717) is 11.3 Å². The van der Waals surface area contributed by atoms with Crippen LogP contribution in [0.25, 0.3) is 0 Å². The zero-order valence-corrected chi connectivity index (χ0v) is 15.3. The molecule has 0 aromatic heterocycles. The molecule has 1 aliphatic heterocycles. The number of anilines is 1. The fourth-order valence-corrected chi connectivity index (χ4v) is 3.00. The quantitative estimate of drug-likeness (QED) is 0.815. The Morgan fingerprint density at radius 3 is 2.25 bits per heavy atom. The van der Waals surface area contributed by atoms with Gasteiger partial charge in [-0.15, -0.1) is 0 Å². The Bertz CT molecular complexity index is 850. The highest BCUT2D eigenvalue weighted by atomic mass is 19.3. The summed E-state index contributed by atoms with van der Waals surface area (Å²) in [6.07, 6.45) is 2.04. The first-order valence-electron chi connectivity index (χ1n) is 8.81. The van der Waals surface area contributed by atoms with Gasteiger partial charge in [-0.2, -0.15) is 8.78 Å². The number of likely N-dealkylation sites (tertiary alicyclic amines) is 1. The van der Waals surface area contributed by atoms with Crippen LogP contribution < -0.4 is 14.8 Å². The van der Waals surface area contributed by atoms with Gasteiger partial charge in [0.05, 0.1) is 7.11 Å². The molecular weight excluding hydrogens is 370 g/mol. The lowest BCUT2D eigenvalue weighted by atomic mass is 10.1. The Morgan fingerprint density at radius 1 is 1.00 bits per heavy atom. The Labute approximate surface area is 161 Å². The number of methoxy groups -OCH3 is 1. The number of hydrogen-bond donors (Lipinski definition) is 1. The van der Waals surface area contributed by atoms with E-state index in [1.807, 2.05) is 4.90 Å². The van der Waals surface area contributed by atoms with Crippen molar-refractivity contribution in [2.45, 2.75) is 19.5 Å². The number of nitrogens with zero attached hydrogens (tertiary/aromatic N) is 1. The Morgan fingerprint density at radius 2 is 1.64 bits per heavy atom. The van der Waals surface area contributed by atoms with Crippen molar-refractivity contribution in [3.8, 4) is 11.5 Å². The lowest BCUT2D eigenvalue weighted by Crippen LogP contribution is -2.27. The van der Waals surface area contributed by atoms with Gasteiger partial charge in [-0.05, 0) is 55.3 Å². The third-order valence-corrected chi connectivity index (χ3v) is 4.42. The largest absolute Gasteiger partial charge is 0.493 e. The average molecular weight is 390 g/mol. The zero-order chi connectivity index (χ0) is 20.1. The van der Waals surface area contributed by atoms with Gasteiger partial charge in [-0.25, -0.2) is 0 Å². The smallest absolute Gasteiger partial charge is 0.387 e. The lowest BCUT2D eigenvalue weighted by molar-refractivity contribution is -0.0512. The van der Waals surface area contributed by atoms with Crippen molar-refractivity contribution in [1.82, 2.24) is 4.90 Å². The zero-order valence-electron chi connectivity index (χ0n) is 15.3. The van der Waals surface area contributed by atoms with E-state index in [1.165, 1.54) is 25.3 Å². The van der Waals surface area contributed by atoms with Crippen LogP contribution in [0.3, 0.4) is 0 Å². The fourth-order valence-electron chi connectivity index (χ4n) is 3.00. The highest BCUT2D eigenvalue weighted by Gasteiger charge is 2.19. The molecule has 0 unspecified atom stereocenters. The number of hydrogen-bond acceptors (Lipinski definition) is 4. The van der Waals surface area contributed by atoms with Crippen molar-refractivity contribution in [1.29, 1.82) is 0 Å². The van der Waals surface area contributed by atoms with Crippen molar-refractivity contribution in [2.75, 3.05) is 25.5 Å². The molecule has 1 saturated heterocycles. The van der Waals surface area contributed by atoms with Crippen LogP contribution in [0.5, 0.6) is 11.5 Å². The molecule has 1 aliphatic rings. The van der Waals surface area contributed by atoms with Crippen LogP contribution in [0.4, 0.5) is 14.5 Å². The minimum atomic E-state index is -2.99. The SMILES string of the molecule is COc1cc(C(=O)Nc2ccc(C(=O)N3CCCC3)cc2)ccc1OC(F)F. The van der Waals surface area contributed by atoms with Gasteiger partial charge in [0.25, 0.3) is 11.8 Å². The summed E-state index contributed by atoms with van der Waals surface area (Å²) in [6, 6.07) is 10.5.